The van der Waals surface area contributed by atoms with Crippen LogP contribution in [0, 0.1) is 17.6 Å². The molecule has 0 saturated carbocycles. The summed E-state index contributed by atoms with van der Waals surface area (Å²) in [5, 5.41) is 5.73. The number of nitrogens with zero attached hydrogens (tertiary/aromatic N) is 3. The number of benzene rings is 1. The molecule has 3 rings (SSSR count). The SMILES string of the molecule is CCc1nc(CN2CCN(C(=O)[C@@H](NC(=O)c3c(F)cccc3F)C(C)C)CC2)cs1. The summed E-state index contributed by atoms with van der Waals surface area (Å²) in [7, 11) is 0. The van der Waals surface area contributed by atoms with E-state index in [1.165, 1.54) is 6.07 Å². The lowest BCUT2D eigenvalue weighted by Gasteiger charge is -2.37. The number of hydrogen-bond acceptors (Lipinski definition) is 5. The number of nitrogens with one attached hydrogen (secondary N) is 1. The zero-order valence-corrected chi connectivity index (χ0v) is 18.8. The molecule has 0 aliphatic carbocycles. The van der Waals surface area contributed by atoms with E-state index < -0.39 is 29.1 Å². The first-order valence-corrected chi connectivity index (χ1v) is 11.4. The summed E-state index contributed by atoms with van der Waals surface area (Å²) in [5.74, 6) is -3.28. The first kappa shape index (κ1) is 23.3. The summed E-state index contributed by atoms with van der Waals surface area (Å²) in [4.78, 5) is 34.1. The molecule has 1 aromatic carbocycles. The second-order valence-electron chi connectivity index (χ2n) is 7.98. The molecule has 0 bridgehead atoms. The maximum atomic E-state index is 13.9. The number of amides is 2. The van der Waals surface area contributed by atoms with Crippen LogP contribution in [-0.4, -0.2) is 58.8 Å². The molecule has 0 radical (unpaired) electrons. The topological polar surface area (TPSA) is 65.5 Å². The number of aryl methyl sites for hydroxylation is 1. The van der Waals surface area contributed by atoms with E-state index in [1.807, 2.05) is 0 Å². The van der Waals surface area contributed by atoms with Crippen molar-refractivity contribution in [1.82, 2.24) is 20.1 Å². The van der Waals surface area contributed by atoms with Crippen LogP contribution in [0.5, 0.6) is 0 Å². The van der Waals surface area contributed by atoms with Crippen molar-refractivity contribution in [3.05, 3.63) is 51.5 Å². The molecule has 1 atom stereocenters. The molecule has 2 aromatic rings. The molecule has 2 amide bonds. The number of hydrogen-bond donors (Lipinski definition) is 1. The largest absolute Gasteiger partial charge is 0.340 e. The van der Waals surface area contributed by atoms with Crippen molar-refractivity contribution in [3.8, 4) is 0 Å². The molecule has 168 valence electrons. The van der Waals surface area contributed by atoms with E-state index in [4.69, 9.17) is 0 Å². The second kappa shape index (κ2) is 10.3. The van der Waals surface area contributed by atoms with E-state index >= 15 is 0 Å². The Bertz CT molecular complexity index is 906. The zero-order chi connectivity index (χ0) is 22.5. The van der Waals surface area contributed by atoms with E-state index in [9.17, 15) is 18.4 Å². The quantitative estimate of drug-likeness (QED) is 0.704. The van der Waals surface area contributed by atoms with Crippen LogP contribution >= 0.6 is 11.3 Å². The highest BCUT2D eigenvalue weighted by Gasteiger charge is 2.32. The molecule has 1 aliphatic rings. The summed E-state index contributed by atoms with van der Waals surface area (Å²) < 4.78 is 27.9. The predicted molar refractivity (Wildman–Crippen MR) is 116 cm³/mol. The molecule has 0 spiro atoms. The van der Waals surface area contributed by atoms with Crippen LogP contribution in [0.1, 0.15) is 41.8 Å². The highest BCUT2D eigenvalue weighted by Crippen LogP contribution is 2.17. The van der Waals surface area contributed by atoms with Crippen molar-refractivity contribution >= 4 is 23.2 Å². The molecule has 2 heterocycles. The van der Waals surface area contributed by atoms with Gasteiger partial charge >= 0.3 is 0 Å². The number of piperazine rings is 1. The third kappa shape index (κ3) is 5.65. The average Bonchev–Trinajstić information content (AvgIpc) is 3.19. The second-order valence-corrected chi connectivity index (χ2v) is 8.92. The van der Waals surface area contributed by atoms with Crippen molar-refractivity contribution in [3.63, 3.8) is 0 Å². The summed E-state index contributed by atoms with van der Waals surface area (Å²) in [5.41, 5.74) is 0.376. The van der Waals surface area contributed by atoms with Crippen LogP contribution in [0.25, 0.3) is 0 Å². The molecule has 6 nitrogen and oxygen atoms in total. The van der Waals surface area contributed by atoms with E-state index in [0.29, 0.717) is 26.2 Å². The van der Waals surface area contributed by atoms with Gasteiger partial charge in [-0.05, 0) is 24.5 Å². The standard InChI is InChI=1S/C22H28F2N4O2S/c1-4-18-25-15(13-31-18)12-27-8-10-28(11-9-27)22(30)20(14(2)3)26-21(29)19-16(23)6-5-7-17(19)24/h5-7,13-14,20H,4,8-12H2,1-3H3,(H,26,29)/t20-/m0/s1. The number of carbonyl (C=O) groups is 2. The van der Waals surface area contributed by atoms with Crippen LogP contribution in [0.4, 0.5) is 8.78 Å². The van der Waals surface area contributed by atoms with Gasteiger partial charge in [-0.2, -0.15) is 0 Å². The van der Waals surface area contributed by atoms with E-state index in [2.05, 4.69) is 27.5 Å². The molecule has 1 aromatic heterocycles. The Morgan fingerprint density at radius 1 is 1.16 bits per heavy atom. The molecule has 0 unspecified atom stereocenters. The van der Waals surface area contributed by atoms with Gasteiger partial charge in [-0.15, -0.1) is 11.3 Å². The zero-order valence-electron chi connectivity index (χ0n) is 18.0. The molecule has 1 fully saturated rings. The van der Waals surface area contributed by atoms with Gasteiger partial charge in [0.05, 0.1) is 10.7 Å². The van der Waals surface area contributed by atoms with Gasteiger partial charge in [-0.3, -0.25) is 14.5 Å². The third-order valence-corrected chi connectivity index (χ3v) is 6.42. The van der Waals surface area contributed by atoms with Gasteiger partial charge in [0.25, 0.3) is 5.91 Å². The number of aromatic nitrogens is 1. The van der Waals surface area contributed by atoms with Crippen LogP contribution in [0.15, 0.2) is 23.6 Å². The van der Waals surface area contributed by atoms with Gasteiger partial charge < -0.3 is 10.2 Å². The maximum Gasteiger partial charge on any atom is 0.257 e. The van der Waals surface area contributed by atoms with Gasteiger partial charge in [0.15, 0.2) is 0 Å². The molecule has 1 N–H and O–H groups in total. The van der Waals surface area contributed by atoms with E-state index in [-0.39, 0.29) is 11.8 Å². The van der Waals surface area contributed by atoms with Gasteiger partial charge in [-0.25, -0.2) is 13.8 Å². The third-order valence-electron chi connectivity index (χ3n) is 5.38. The van der Waals surface area contributed by atoms with Crippen LogP contribution in [0.2, 0.25) is 0 Å². The van der Waals surface area contributed by atoms with Gasteiger partial charge in [0.2, 0.25) is 5.91 Å². The fourth-order valence-corrected chi connectivity index (χ4v) is 4.31. The van der Waals surface area contributed by atoms with E-state index in [0.717, 1.165) is 35.8 Å². The Morgan fingerprint density at radius 3 is 2.35 bits per heavy atom. The summed E-state index contributed by atoms with van der Waals surface area (Å²) in [6.07, 6.45) is 0.923. The normalized spacial score (nSPS) is 15.9. The average molecular weight is 451 g/mol. The number of halogens is 2. The number of carbonyl (C=O) groups excluding carboxylic acids is 2. The highest BCUT2D eigenvalue weighted by atomic mass is 32.1. The molecule has 1 saturated heterocycles. The van der Waals surface area contributed by atoms with Gasteiger partial charge in [-0.1, -0.05) is 26.8 Å². The van der Waals surface area contributed by atoms with Crippen LogP contribution < -0.4 is 5.32 Å². The van der Waals surface area contributed by atoms with Gasteiger partial charge in [0, 0.05) is 38.1 Å². The predicted octanol–water partition coefficient (Wildman–Crippen LogP) is 3.08. The fourth-order valence-electron chi connectivity index (χ4n) is 3.58. The monoisotopic (exact) mass is 450 g/mol. The Balaban J connectivity index is 1.60. The Hall–Kier alpha value is -2.39. The van der Waals surface area contributed by atoms with Crippen molar-refractivity contribution < 1.29 is 18.4 Å². The van der Waals surface area contributed by atoms with Gasteiger partial charge in [0.1, 0.15) is 23.2 Å². The molecular formula is C22H28F2N4O2S. The number of thiazole rings is 1. The molecular weight excluding hydrogens is 422 g/mol. The number of rotatable bonds is 7. The molecule has 9 heteroatoms. The molecule has 1 aliphatic heterocycles. The summed E-state index contributed by atoms with van der Waals surface area (Å²) in [6.45, 7) is 8.87. The Labute approximate surface area is 185 Å². The van der Waals surface area contributed by atoms with Crippen molar-refractivity contribution in [1.29, 1.82) is 0 Å². The maximum absolute atomic E-state index is 13.9. The molecule has 31 heavy (non-hydrogen) atoms. The van der Waals surface area contributed by atoms with Crippen LogP contribution in [-0.2, 0) is 17.8 Å². The Morgan fingerprint density at radius 2 is 1.81 bits per heavy atom. The van der Waals surface area contributed by atoms with E-state index in [1.54, 1.807) is 30.1 Å². The first-order valence-electron chi connectivity index (χ1n) is 10.5. The fraction of sp³-hybridized carbons (Fsp3) is 0.500. The minimum Gasteiger partial charge on any atom is -0.340 e. The lowest BCUT2D eigenvalue weighted by Crippen LogP contribution is -2.56. The minimum atomic E-state index is -0.950. The summed E-state index contributed by atoms with van der Waals surface area (Å²) >= 11 is 1.66. The summed E-state index contributed by atoms with van der Waals surface area (Å²) in [6, 6.07) is 2.38. The first-order chi connectivity index (χ1) is 14.8. The van der Waals surface area contributed by atoms with Crippen molar-refractivity contribution in [2.75, 3.05) is 26.2 Å². The van der Waals surface area contributed by atoms with Crippen molar-refractivity contribution in [2.45, 2.75) is 39.8 Å². The van der Waals surface area contributed by atoms with Crippen molar-refractivity contribution in [2.24, 2.45) is 5.92 Å². The lowest BCUT2D eigenvalue weighted by atomic mass is 10.0. The minimum absolute atomic E-state index is 0.230. The van der Waals surface area contributed by atoms with Crippen LogP contribution in [0.3, 0.4) is 0 Å². The lowest BCUT2D eigenvalue weighted by molar-refractivity contribution is -0.136. The highest BCUT2D eigenvalue weighted by molar-refractivity contribution is 7.09. The Kier molecular flexibility index (Phi) is 7.72. The smallest absolute Gasteiger partial charge is 0.257 e.